The Hall–Kier alpha value is -1.62. The van der Waals surface area contributed by atoms with Gasteiger partial charge in [0.15, 0.2) is 0 Å². The molecule has 1 aliphatic heterocycles. The molecule has 2 rings (SSSR count). The number of aliphatic hydroxyl groups excluding tert-OH is 1. The van der Waals surface area contributed by atoms with Gasteiger partial charge in [0, 0.05) is 25.5 Å². The van der Waals surface area contributed by atoms with Crippen LogP contribution >= 0.6 is 0 Å². The number of hydrogen-bond donors (Lipinski definition) is 2. The molecule has 1 aromatic heterocycles. The predicted molar refractivity (Wildman–Crippen MR) is 55.6 cm³/mol. The number of anilines is 1. The van der Waals surface area contributed by atoms with Crippen molar-refractivity contribution in [3.8, 4) is 0 Å². The second-order valence-corrected chi connectivity index (χ2v) is 3.65. The van der Waals surface area contributed by atoms with Crippen LogP contribution in [0.1, 0.15) is 16.8 Å². The lowest BCUT2D eigenvalue weighted by molar-refractivity contribution is 0.100. The molecule has 0 spiro atoms. The minimum Gasteiger partial charge on any atom is -0.391 e. The smallest absolute Gasteiger partial charge is 0.252 e. The first-order chi connectivity index (χ1) is 7.18. The number of pyridine rings is 1. The average molecular weight is 207 g/mol. The molecule has 15 heavy (non-hydrogen) atoms. The zero-order valence-corrected chi connectivity index (χ0v) is 8.26. The molecule has 0 radical (unpaired) electrons. The van der Waals surface area contributed by atoms with Gasteiger partial charge < -0.3 is 15.7 Å². The molecule has 0 saturated carbocycles. The van der Waals surface area contributed by atoms with E-state index in [2.05, 4.69) is 4.98 Å². The highest BCUT2D eigenvalue weighted by Gasteiger charge is 2.23. The summed E-state index contributed by atoms with van der Waals surface area (Å²) in [6.45, 7) is 1.29. The molecular weight excluding hydrogens is 194 g/mol. The first kappa shape index (κ1) is 9.92. The minimum absolute atomic E-state index is 0.320. The molecule has 80 valence electrons. The van der Waals surface area contributed by atoms with E-state index in [4.69, 9.17) is 5.73 Å². The molecule has 1 aromatic rings. The maximum Gasteiger partial charge on any atom is 0.252 e. The van der Waals surface area contributed by atoms with Gasteiger partial charge in [0.1, 0.15) is 0 Å². The summed E-state index contributed by atoms with van der Waals surface area (Å²) in [5, 5.41) is 9.42. The normalized spacial score (nSPS) is 20.6. The molecule has 1 aliphatic rings. The van der Waals surface area contributed by atoms with E-state index in [9.17, 15) is 9.90 Å². The topological polar surface area (TPSA) is 79.5 Å². The first-order valence-electron chi connectivity index (χ1n) is 4.85. The number of nitrogens with zero attached hydrogens (tertiary/aromatic N) is 2. The number of β-amino-alcohol motifs (C(OH)–C–C–N with tert-alkyl or cyclic N) is 1. The van der Waals surface area contributed by atoms with Gasteiger partial charge in [-0.05, 0) is 12.5 Å². The fraction of sp³-hybridized carbons (Fsp3) is 0.400. The molecule has 0 bridgehead atoms. The van der Waals surface area contributed by atoms with Crippen molar-refractivity contribution in [1.82, 2.24) is 4.98 Å². The zero-order valence-electron chi connectivity index (χ0n) is 8.26. The van der Waals surface area contributed by atoms with Crippen molar-refractivity contribution < 1.29 is 9.90 Å². The van der Waals surface area contributed by atoms with Crippen LogP contribution in [0.4, 0.5) is 5.69 Å². The van der Waals surface area contributed by atoms with E-state index in [-0.39, 0.29) is 6.10 Å². The van der Waals surface area contributed by atoms with Gasteiger partial charge in [0.2, 0.25) is 0 Å². The predicted octanol–water partition coefficient (Wildman–Crippen LogP) is -0.248. The van der Waals surface area contributed by atoms with Gasteiger partial charge in [-0.1, -0.05) is 0 Å². The number of aliphatic hydroxyl groups is 1. The van der Waals surface area contributed by atoms with Crippen LogP contribution < -0.4 is 10.6 Å². The number of amides is 1. The lowest BCUT2D eigenvalue weighted by Gasteiger charge is -2.19. The van der Waals surface area contributed by atoms with Gasteiger partial charge in [-0.15, -0.1) is 0 Å². The lowest BCUT2D eigenvalue weighted by Crippen LogP contribution is -2.25. The number of carbonyl (C=O) groups excluding carboxylic acids is 1. The summed E-state index contributed by atoms with van der Waals surface area (Å²) < 4.78 is 0. The Morgan fingerprint density at radius 1 is 1.67 bits per heavy atom. The number of primary amides is 1. The van der Waals surface area contributed by atoms with Crippen LogP contribution in [0.5, 0.6) is 0 Å². The van der Waals surface area contributed by atoms with Crippen LogP contribution in [0, 0.1) is 0 Å². The Labute approximate surface area is 87.5 Å². The largest absolute Gasteiger partial charge is 0.391 e. The monoisotopic (exact) mass is 207 g/mol. The molecule has 5 heteroatoms. The molecule has 5 nitrogen and oxygen atoms in total. The van der Waals surface area contributed by atoms with Crippen molar-refractivity contribution in [2.75, 3.05) is 18.0 Å². The summed E-state index contributed by atoms with van der Waals surface area (Å²) in [7, 11) is 0. The van der Waals surface area contributed by atoms with Crippen molar-refractivity contribution in [3.05, 3.63) is 24.0 Å². The third kappa shape index (κ3) is 1.92. The van der Waals surface area contributed by atoms with E-state index in [0.717, 1.165) is 18.7 Å². The molecule has 0 aliphatic carbocycles. The maximum atomic E-state index is 11.2. The van der Waals surface area contributed by atoms with Crippen LogP contribution in [0.25, 0.3) is 0 Å². The lowest BCUT2D eigenvalue weighted by atomic mass is 10.2. The molecule has 2 heterocycles. The summed E-state index contributed by atoms with van der Waals surface area (Å²) in [6, 6.07) is 1.75. The summed E-state index contributed by atoms with van der Waals surface area (Å²) >= 11 is 0. The number of aromatic nitrogens is 1. The van der Waals surface area contributed by atoms with E-state index in [0.29, 0.717) is 12.1 Å². The molecule has 3 N–H and O–H groups in total. The second-order valence-electron chi connectivity index (χ2n) is 3.65. The van der Waals surface area contributed by atoms with Crippen molar-refractivity contribution in [3.63, 3.8) is 0 Å². The van der Waals surface area contributed by atoms with Gasteiger partial charge in [-0.25, -0.2) is 0 Å². The standard InChI is InChI=1S/C10H13N3O2/c11-10(15)8-5-12-3-1-9(8)13-4-2-7(14)6-13/h1,3,5,7,14H,2,4,6H2,(H2,11,15). The van der Waals surface area contributed by atoms with Gasteiger partial charge in [0.05, 0.1) is 17.4 Å². The third-order valence-electron chi connectivity index (χ3n) is 2.57. The molecular formula is C10H13N3O2. The van der Waals surface area contributed by atoms with Crippen LogP contribution in [0.3, 0.4) is 0 Å². The average Bonchev–Trinajstić information content (AvgIpc) is 2.65. The van der Waals surface area contributed by atoms with Crippen molar-refractivity contribution in [2.45, 2.75) is 12.5 Å². The molecule has 0 aromatic carbocycles. The van der Waals surface area contributed by atoms with Crippen LogP contribution in [0.15, 0.2) is 18.5 Å². The number of rotatable bonds is 2. The van der Waals surface area contributed by atoms with E-state index < -0.39 is 5.91 Å². The Bertz CT molecular complexity index is 381. The summed E-state index contributed by atoms with van der Waals surface area (Å²) in [5.41, 5.74) is 6.42. The number of carbonyl (C=O) groups is 1. The second kappa shape index (κ2) is 3.86. The summed E-state index contributed by atoms with van der Waals surface area (Å²) in [4.78, 5) is 17.0. The maximum absolute atomic E-state index is 11.2. The zero-order chi connectivity index (χ0) is 10.8. The van der Waals surface area contributed by atoms with Crippen LogP contribution in [-0.4, -0.2) is 35.2 Å². The van der Waals surface area contributed by atoms with Gasteiger partial charge in [-0.3, -0.25) is 9.78 Å². The Kier molecular flexibility index (Phi) is 2.55. The minimum atomic E-state index is -0.487. The number of hydrogen-bond acceptors (Lipinski definition) is 4. The van der Waals surface area contributed by atoms with Crippen molar-refractivity contribution in [2.24, 2.45) is 5.73 Å². The van der Waals surface area contributed by atoms with Gasteiger partial charge in [-0.2, -0.15) is 0 Å². The Balaban J connectivity index is 2.31. The number of nitrogens with two attached hydrogens (primary N) is 1. The molecule has 1 amide bonds. The SMILES string of the molecule is NC(=O)c1cnccc1N1CCC(O)C1. The van der Waals surface area contributed by atoms with E-state index >= 15 is 0 Å². The molecule has 1 fully saturated rings. The van der Waals surface area contributed by atoms with Crippen LogP contribution in [-0.2, 0) is 0 Å². The fourth-order valence-corrected chi connectivity index (χ4v) is 1.81. The van der Waals surface area contributed by atoms with Gasteiger partial charge >= 0.3 is 0 Å². The van der Waals surface area contributed by atoms with E-state index in [1.807, 2.05) is 4.90 Å². The highest BCUT2D eigenvalue weighted by molar-refractivity contribution is 5.98. The summed E-state index contributed by atoms with van der Waals surface area (Å²) in [5.74, 6) is -0.487. The molecule has 1 atom stereocenters. The van der Waals surface area contributed by atoms with E-state index in [1.54, 1.807) is 12.3 Å². The third-order valence-corrected chi connectivity index (χ3v) is 2.57. The highest BCUT2D eigenvalue weighted by Crippen LogP contribution is 2.23. The van der Waals surface area contributed by atoms with E-state index in [1.165, 1.54) is 6.20 Å². The van der Waals surface area contributed by atoms with Crippen molar-refractivity contribution >= 4 is 11.6 Å². The highest BCUT2D eigenvalue weighted by atomic mass is 16.3. The Morgan fingerprint density at radius 3 is 3.07 bits per heavy atom. The quantitative estimate of drug-likeness (QED) is 0.701. The van der Waals surface area contributed by atoms with Crippen LogP contribution in [0.2, 0.25) is 0 Å². The summed E-state index contributed by atoms with van der Waals surface area (Å²) in [6.07, 6.45) is 3.48. The Morgan fingerprint density at radius 2 is 2.47 bits per heavy atom. The molecule has 1 saturated heterocycles. The molecule has 1 unspecified atom stereocenters. The van der Waals surface area contributed by atoms with Crippen molar-refractivity contribution in [1.29, 1.82) is 0 Å². The fourth-order valence-electron chi connectivity index (χ4n) is 1.81. The first-order valence-corrected chi connectivity index (χ1v) is 4.85. The van der Waals surface area contributed by atoms with Gasteiger partial charge in [0.25, 0.3) is 5.91 Å².